The van der Waals surface area contributed by atoms with E-state index < -0.39 is 12.0 Å². The van der Waals surface area contributed by atoms with E-state index in [0.717, 1.165) is 4.57 Å². The normalized spacial score (nSPS) is 12.4. The van der Waals surface area contributed by atoms with Gasteiger partial charge in [-0.05, 0) is 11.6 Å². The second kappa shape index (κ2) is 3.46. The Hall–Kier alpha value is -1.08. The van der Waals surface area contributed by atoms with Gasteiger partial charge < -0.3 is 4.57 Å². The summed E-state index contributed by atoms with van der Waals surface area (Å²) in [6.45, 7) is 0. The molecule has 0 aliphatic heterocycles. The monoisotopic (exact) mass is 270 g/mol. The number of imidazole rings is 1. The van der Waals surface area contributed by atoms with Gasteiger partial charge in [0.15, 0.2) is 10.8 Å². The molecule has 86 valence electrons. The zero-order chi connectivity index (χ0) is 12.1. The van der Waals surface area contributed by atoms with E-state index in [-0.39, 0.29) is 21.6 Å². The third-order valence-corrected chi connectivity index (χ3v) is 2.33. The molecule has 16 heavy (non-hydrogen) atoms. The molecule has 0 aliphatic rings. The Morgan fingerprint density at radius 1 is 1.12 bits per heavy atom. The highest BCUT2D eigenvalue weighted by molar-refractivity contribution is 6.35. The number of aromatic nitrogens is 4. The summed E-state index contributed by atoms with van der Waals surface area (Å²) in [7, 11) is 1.18. The molecule has 0 aromatic carbocycles. The Balaban J connectivity index is 2.83. The number of rotatable bonds is 0. The van der Waals surface area contributed by atoms with Gasteiger partial charge in [-0.25, -0.2) is 9.97 Å². The quantitative estimate of drug-likeness (QED) is 0.546. The van der Waals surface area contributed by atoms with Crippen LogP contribution in [0.5, 0.6) is 0 Å². The second-order valence-electron chi connectivity index (χ2n) is 2.95. The van der Waals surface area contributed by atoms with Crippen molar-refractivity contribution in [1.29, 1.82) is 0 Å². The minimum absolute atomic E-state index is 0.0580. The van der Waals surface area contributed by atoms with Crippen LogP contribution in [0.25, 0.3) is 11.2 Å². The van der Waals surface area contributed by atoms with Gasteiger partial charge >= 0.3 is 6.18 Å². The lowest BCUT2D eigenvalue weighted by Gasteiger charge is -2.04. The maximum atomic E-state index is 12.5. The van der Waals surface area contributed by atoms with Gasteiger partial charge in [0.05, 0.1) is 0 Å². The molecular formula is C7H3Cl2F3N4. The van der Waals surface area contributed by atoms with E-state index in [1.165, 1.54) is 7.05 Å². The fourth-order valence-corrected chi connectivity index (χ4v) is 1.67. The number of hydrogen-bond donors (Lipinski definition) is 0. The molecule has 9 heteroatoms. The summed E-state index contributed by atoms with van der Waals surface area (Å²) < 4.78 is 38.3. The zero-order valence-corrected chi connectivity index (χ0v) is 9.19. The summed E-state index contributed by atoms with van der Waals surface area (Å²) in [5, 5.41) is -0.435. The Morgan fingerprint density at radius 3 is 2.31 bits per heavy atom. The lowest BCUT2D eigenvalue weighted by molar-refractivity contribution is -0.146. The summed E-state index contributed by atoms with van der Waals surface area (Å²) in [5.41, 5.74) is -0.182. The smallest absolute Gasteiger partial charge is 0.308 e. The first-order valence-electron chi connectivity index (χ1n) is 3.93. The van der Waals surface area contributed by atoms with Gasteiger partial charge in [-0.2, -0.15) is 18.2 Å². The van der Waals surface area contributed by atoms with E-state index in [9.17, 15) is 13.2 Å². The van der Waals surface area contributed by atoms with Gasteiger partial charge in [-0.1, -0.05) is 11.6 Å². The van der Waals surface area contributed by atoms with Crippen molar-refractivity contribution in [2.75, 3.05) is 0 Å². The largest absolute Gasteiger partial charge is 0.449 e. The molecule has 2 rings (SSSR count). The summed E-state index contributed by atoms with van der Waals surface area (Å²) in [6, 6.07) is 0. The van der Waals surface area contributed by atoms with Crippen LogP contribution in [-0.2, 0) is 13.2 Å². The lowest BCUT2D eigenvalue weighted by atomic mass is 10.5. The molecule has 2 aromatic rings. The molecule has 0 saturated heterocycles. The fourth-order valence-electron chi connectivity index (χ4n) is 1.26. The maximum Gasteiger partial charge on any atom is 0.449 e. The van der Waals surface area contributed by atoms with E-state index in [1.807, 2.05) is 0 Å². The van der Waals surface area contributed by atoms with Crippen LogP contribution in [0.3, 0.4) is 0 Å². The highest BCUT2D eigenvalue weighted by Gasteiger charge is 2.37. The van der Waals surface area contributed by atoms with E-state index in [1.54, 1.807) is 0 Å². The molecular weight excluding hydrogens is 268 g/mol. The number of nitrogens with zero attached hydrogens (tertiary/aromatic N) is 4. The van der Waals surface area contributed by atoms with E-state index in [2.05, 4.69) is 15.0 Å². The van der Waals surface area contributed by atoms with Crippen LogP contribution in [0.4, 0.5) is 13.2 Å². The van der Waals surface area contributed by atoms with Crippen molar-refractivity contribution < 1.29 is 13.2 Å². The van der Waals surface area contributed by atoms with Crippen molar-refractivity contribution in [3.05, 3.63) is 16.3 Å². The van der Waals surface area contributed by atoms with Crippen molar-refractivity contribution in [3.8, 4) is 0 Å². The summed E-state index contributed by atoms with van der Waals surface area (Å²) in [4.78, 5) is 10.5. The first-order valence-corrected chi connectivity index (χ1v) is 4.69. The predicted molar refractivity (Wildman–Crippen MR) is 51.3 cm³/mol. The first kappa shape index (κ1) is 11.4. The topological polar surface area (TPSA) is 43.6 Å². The standard InChI is InChI=1S/C7H3Cl2F3N4/c1-16-4-2(3(8)14-6(9)15-4)13-5(16)7(10,11)12/h1H3. The van der Waals surface area contributed by atoms with E-state index in [0.29, 0.717) is 0 Å². The van der Waals surface area contributed by atoms with Crippen LogP contribution < -0.4 is 0 Å². The predicted octanol–water partition coefficient (Wildman–Crippen LogP) is 2.69. The second-order valence-corrected chi connectivity index (χ2v) is 3.64. The fraction of sp³-hybridized carbons (Fsp3) is 0.286. The van der Waals surface area contributed by atoms with Crippen LogP contribution in [0.15, 0.2) is 0 Å². The third kappa shape index (κ3) is 1.69. The Morgan fingerprint density at radius 2 is 1.75 bits per heavy atom. The third-order valence-electron chi connectivity index (χ3n) is 1.90. The van der Waals surface area contributed by atoms with Crippen LogP contribution in [0, 0.1) is 0 Å². The molecule has 0 fully saturated rings. The molecule has 2 aromatic heterocycles. The molecule has 2 heterocycles. The van der Waals surface area contributed by atoms with Gasteiger partial charge in [-0.15, -0.1) is 0 Å². The molecule has 0 amide bonds. The molecule has 0 N–H and O–H groups in total. The van der Waals surface area contributed by atoms with E-state index in [4.69, 9.17) is 23.2 Å². The van der Waals surface area contributed by atoms with Gasteiger partial charge in [0.2, 0.25) is 11.1 Å². The van der Waals surface area contributed by atoms with Crippen molar-refractivity contribution in [2.24, 2.45) is 7.05 Å². The molecule has 0 saturated carbocycles. The van der Waals surface area contributed by atoms with Gasteiger partial charge in [0, 0.05) is 7.05 Å². The van der Waals surface area contributed by atoms with Gasteiger partial charge in [0.25, 0.3) is 0 Å². The first-order chi connectivity index (χ1) is 7.30. The number of hydrogen-bond acceptors (Lipinski definition) is 3. The number of alkyl halides is 3. The Bertz CT molecular complexity index is 563. The summed E-state index contributed by atoms with van der Waals surface area (Å²) in [5.74, 6) is -1.10. The average molecular weight is 271 g/mol. The van der Waals surface area contributed by atoms with E-state index >= 15 is 0 Å². The average Bonchev–Trinajstić information content (AvgIpc) is 2.43. The van der Waals surface area contributed by atoms with Crippen LogP contribution in [0.2, 0.25) is 10.4 Å². The van der Waals surface area contributed by atoms with Crippen LogP contribution >= 0.6 is 23.2 Å². The van der Waals surface area contributed by atoms with Crippen molar-refractivity contribution in [3.63, 3.8) is 0 Å². The lowest BCUT2D eigenvalue weighted by Crippen LogP contribution is -2.12. The molecule has 4 nitrogen and oxygen atoms in total. The van der Waals surface area contributed by atoms with Gasteiger partial charge in [0.1, 0.15) is 5.52 Å². The Kier molecular flexibility index (Phi) is 2.47. The SMILES string of the molecule is Cn1c(C(F)(F)F)nc2c(Cl)nc(Cl)nc21. The molecule has 0 aliphatic carbocycles. The minimum Gasteiger partial charge on any atom is -0.308 e. The molecule has 0 atom stereocenters. The molecule has 0 radical (unpaired) electrons. The highest BCUT2D eigenvalue weighted by atomic mass is 35.5. The number of aryl methyl sites for hydroxylation is 1. The molecule has 0 bridgehead atoms. The van der Waals surface area contributed by atoms with Crippen molar-refractivity contribution in [1.82, 2.24) is 19.5 Å². The Labute approximate surface area is 97.0 Å². The van der Waals surface area contributed by atoms with Crippen molar-refractivity contribution in [2.45, 2.75) is 6.18 Å². The molecule has 0 spiro atoms. The van der Waals surface area contributed by atoms with Crippen molar-refractivity contribution >= 4 is 34.4 Å². The van der Waals surface area contributed by atoms with Crippen LogP contribution in [0.1, 0.15) is 5.82 Å². The minimum atomic E-state index is -4.58. The summed E-state index contributed by atoms with van der Waals surface area (Å²) >= 11 is 11.1. The van der Waals surface area contributed by atoms with Gasteiger partial charge in [-0.3, -0.25) is 0 Å². The highest BCUT2D eigenvalue weighted by Crippen LogP contribution is 2.31. The number of halogens is 5. The zero-order valence-electron chi connectivity index (χ0n) is 7.68. The van der Waals surface area contributed by atoms with Crippen LogP contribution in [-0.4, -0.2) is 19.5 Å². The summed E-state index contributed by atoms with van der Waals surface area (Å²) in [6.07, 6.45) is -4.58. The molecule has 0 unspecified atom stereocenters. The number of fused-ring (bicyclic) bond motifs is 1. The maximum absolute atomic E-state index is 12.5.